The van der Waals surface area contributed by atoms with Gasteiger partial charge in [-0.3, -0.25) is 0 Å². The molecule has 1 aromatic carbocycles. The average molecular weight is 318 g/mol. The molecule has 0 saturated heterocycles. The van der Waals surface area contributed by atoms with Crippen LogP contribution in [0, 0.1) is 18.3 Å². The lowest BCUT2D eigenvalue weighted by Gasteiger charge is -2.13. The van der Waals surface area contributed by atoms with E-state index < -0.39 is 0 Å². The fourth-order valence-corrected chi connectivity index (χ4v) is 3.01. The van der Waals surface area contributed by atoms with Crippen LogP contribution < -0.4 is 5.32 Å². The van der Waals surface area contributed by atoms with Crippen molar-refractivity contribution in [3.63, 3.8) is 0 Å². The number of nitrogens with zero attached hydrogens (tertiary/aromatic N) is 2. The van der Waals surface area contributed by atoms with Gasteiger partial charge in [0.1, 0.15) is 11.9 Å². The van der Waals surface area contributed by atoms with E-state index >= 15 is 0 Å². The minimum absolute atomic E-state index is 0.511. The largest absolute Gasteiger partial charge is 0.337 e. The minimum atomic E-state index is 0.511. The summed E-state index contributed by atoms with van der Waals surface area (Å²) in [6.45, 7) is 1.91. The van der Waals surface area contributed by atoms with E-state index in [1.165, 1.54) is 5.56 Å². The number of nitrogens with one attached hydrogen (secondary N) is 1. The van der Waals surface area contributed by atoms with Gasteiger partial charge in [0.25, 0.3) is 0 Å². The Labute approximate surface area is 133 Å². The molecule has 0 unspecified atom stereocenters. The number of halogens is 2. The number of hydrogen-bond donors (Lipinski definition) is 1. The molecule has 1 aliphatic rings. The van der Waals surface area contributed by atoms with E-state index in [0.717, 1.165) is 30.5 Å². The van der Waals surface area contributed by atoms with E-state index in [9.17, 15) is 5.26 Å². The Morgan fingerprint density at radius 2 is 2.10 bits per heavy atom. The van der Waals surface area contributed by atoms with Crippen LogP contribution in [0.3, 0.4) is 0 Å². The van der Waals surface area contributed by atoms with Crippen LogP contribution >= 0.6 is 23.2 Å². The van der Waals surface area contributed by atoms with Crippen LogP contribution in [-0.2, 0) is 12.8 Å². The summed E-state index contributed by atoms with van der Waals surface area (Å²) < 4.78 is 0. The SMILES string of the molecule is Cc1ccc(Cl)c(Nc2nc3c(cc2C#N)CCC3)c1Cl. The fraction of sp³-hybridized carbons (Fsp3) is 0.250. The normalized spacial score (nSPS) is 12.9. The molecule has 0 fully saturated rings. The molecule has 1 heterocycles. The van der Waals surface area contributed by atoms with Crippen LogP contribution in [0.2, 0.25) is 10.0 Å². The summed E-state index contributed by atoms with van der Waals surface area (Å²) >= 11 is 12.5. The van der Waals surface area contributed by atoms with Crippen molar-refractivity contribution >= 4 is 34.7 Å². The second-order valence-corrected chi connectivity index (χ2v) is 5.92. The van der Waals surface area contributed by atoms with E-state index in [4.69, 9.17) is 23.2 Å². The van der Waals surface area contributed by atoms with E-state index in [1.807, 2.05) is 19.1 Å². The van der Waals surface area contributed by atoms with Gasteiger partial charge in [-0.1, -0.05) is 29.3 Å². The van der Waals surface area contributed by atoms with Gasteiger partial charge >= 0.3 is 0 Å². The molecule has 0 aliphatic heterocycles. The third kappa shape index (κ3) is 2.57. The molecule has 0 atom stereocenters. The van der Waals surface area contributed by atoms with E-state index in [2.05, 4.69) is 16.4 Å². The van der Waals surface area contributed by atoms with Crippen LogP contribution in [-0.4, -0.2) is 4.98 Å². The number of aromatic nitrogens is 1. The summed E-state index contributed by atoms with van der Waals surface area (Å²) in [7, 11) is 0. The molecule has 106 valence electrons. The second-order valence-electron chi connectivity index (χ2n) is 5.13. The van der Waals surface area contributed by atoms with Crippen molar-refractivity contribution in [3.8, 4) is 6.07 Å². The first-order valence-corrected chi connectivity index (χ1v) is 7.50. The number of hydrogen-bond acceptors (Lipinski definition) is 3. The minimum Gasteiger partial charge on any atom is -0.337 e. The molecule has 3 nitrogen and oxygen atoms in total. The van der Waals surface area contributed by atoms with Gasteiger partial charge in [0.05, 0.1) is 21.3 Å². The van der Waals surface area contributed by atoms with Gasteiger partial charge in [0.15, 0.2) is 0 Å². The second kappa shape index (κ2) is 5.55. The quantitative estimate of drug-likeness (QED) is 0.865. The summed E-state index contributed by atoms with van der Waals surface area (Å²) in [5.74, 6) is 0.521. The number of aryl methyl sites for hydroxylation is 3. The first-order valence-electron chi connectivity index (χ1n) is 6.74. The third-order valence-corrected chi connectivity index (χ3v) is 4.50. The van der Waals surface area contributed by atoms with Crippen molar-refractivity contribution in [1.29, 1.82) is 5.26 Å². The van der Waals surface area contributed by atoms with E-state index in [0.29, 0.717) is 27.1 Å². The monoisotopic (exact) mass is 317 g/mol. The summed E-state index contributed by atoms with van der Waals surface area (Å²) in [5.41, 5.74) is 4.25. The van der Waals surface area contributed by atoms with Crippen molar-refractivity contribution in [3.05, 3.63) is 50.6 Å². The molecule has 21 heavy (non-hydrogen) atoms. The van der Waals surface area contributed by atoms with Crippen molar-refractivity contribution in [2.45, 2.75) is 26.2 Å². The maximum Gasteiger partial charge on any atom is 0.148 e. The highest BCUT2D eigenvalue weighted by Crippen LogP contribution is 2.36. The van der Waals surface area contributed by atoms with Gasteiger partial charge < -0.3 is 5.32 Å². The lowest BCUT2D eigenvalue weighted by molar-refractivity contribution is 0.900. The number of nitriles is 1. The van der Waals surface area contributed by atoms with Crippen LogP contribution in [0.25, 0.3) is 0 Å². The molecule has 1 aliphatic carbocycles. The number of rotatable bonds is 2. The van der Waals surface area contributed by atoms with Crippen LogP contribution in [0.15, 0.2) is 18.2 Å². The fourth-order valence-electron chi connectivity index (χ4n) is 2.54. The molecular formula is C16H13Cl2N3. The summed E-state index contributed by atoms with van der Waals surface area (Å²) in [6.07, 6.45) is 3.02. The number of fused-ring (bicyclic) bond motifs is 1. The molecule has 3 rings (SSSR count). The molecule has 0 bridgehead atoms. The van der Waals surface area contributed by atoms with Gasteiger partial charge in [-0.25, -0.2) is 4.98 Å². The van der Waals surface area contributed by atoms with Gasteiger partial charge in [-0.15, -0.1) is 0 Å². The van der Waals surface area contributed by atoms with Crippen molar-refractivity contribution in [2.75, 3.05) is 5.32 Å². The lowest BCUT2D eigenvalue weighted by atomic mass is 10.1. The average Bonchev–Trinajstić information content (AvgIpc) is 2.93. The van der Waals surface area contributed by atoms with Gasteiger partial charge in [-0.05, 0) is 49.4 Å². The summed E-state index contributed by atoms with van der Waals surface area (Å²) in [5, 5.41) is 13.5. The predicted molar refractivity (Wildman–Crippen MR) is 85.5 cm³/mol. The number of pyridine rings is 1. The molecular weight excluding hydrogens is 305 g/mol. The van der Waals surface area contributed by atoms with E-state index in [1.54, 1.807) is 6.07 Å². The zero-order chi connectivity index (χ0) is 15.0. The van der Waals surface area contributed by atoms with Crippen molar-refractivity contribution in [2.24, 2.45) is 0 Å². The third-order valence-electron chi connectivity index (χ3n) is 3.70. The Morgan fingerprint density at radius 3 is 2.86 bits per heavy atom. The van der Waals surface area contributed by atoms with Crippen LogP contribution in [0.1, 0.15) is 28.8 Å². The highest BCUT2D eigenvalue weighted by molar-refractivity contribution is 6.39. The smallest absolute Gasteiger partial charge is 0.148 e. The van der Waals surface area contributed by atoms with Crippen molar-refractivity contribution < 1.29 is 0 Å². The Morgan fingerprint density at radius 1 is 1.29 bits per heavy atom. The molecule has 0 radical (unpaired) electrons. The number of benzene rings is 1. The van der Waals surface area contributed by atoms with E-state index in [-0.39, 0.29) is 0 Å². The molecule has 0 amide bonds. The molecule has 1 aromatic heterocycles. The van der Waals surface area contributed by atoms with Gasteiger partial charge in [0, 0.05) is 5.69 Å². The standard InChI is InChI=1S/C16H13Cl2N3/c1-9-5-6-12(17)15(14(9)18)21-16-11(8-19)7-10-3-2-4-13(10)20-16/h5-7H,2-4H2,1H3,(H,20,21). The highest BCUT2D eigenvalue weighted by Gasteiger charge is 2.18. The Kier molecular flexibility index (Phi) is 3.75. The van der Waals surface area contributed by atoms with Crippen LogP contribution in [0.5, 0.6) is 0 Å². The lowest BCUT2D eigenvalue weighted by Crippen LogP contribution is -2.02. The number of anilines is 2. The molecule has 5 heteroatoms. The predicted octanol–water partition coefficient (Wildman–Crippen LogP) is 4.80. The van der Waals surface area contributed by atoms with Crippen molar-refractivity contribution in [1.82, 2.24) is 4.98 Å². The van der Waals surface area contributed by atoms with Gasteiger partial charge in [-0.2, -0.15) is 5.26 Å². The molecule has 2 aromatic rings. The Balaban J connectivity index is 2.07. The summed E-state index contributed by atoms with van der Waals surface area (Å²) in [6, 6.07) is 7.74. The first-order chi connectivity index (χ1) is 10.1. The first kappa shape index (κ1) is 14.2. The molecule has 0 spiro atoms. The maximum absolute atomic E-state index is 9.32. The summed E-state index contributed by atoms with van der Waals surface area (Å²) in [4.78, 5) is 4.58. The zero-order valence-electron chi connectivity index (χ0n) is 11.5. The zero-order valence-corrected chi connectivity index (χ0v) is 13.0. The van der Waals surface area contributed by atoms with Gasteiger partial charge in [0.2, 0.25) is 0 Å². The highest BCUT2D eigenvalue weighted by atomic mass is 35.5. The van der Waals surface area contributed by atoms with Crippen LogP contribution in [0.4, 0.5) is 11.5 Å². The molecule has 1 N–H and O–H groups in total. The molecule has 0 saturated carbocycles. The maximum atomic E-state index is 9.32. The Bertz CT molecular complexity index is 763. The topological polar surface area (TPSA) is 48.7 Å². The Hall–Kier alpha value is -1.76.